The highest BCUT2D eigenvalue weighted by molar-refractivity contribution is 6.30. The average molecular weight is 244 g/mol. The fourth-order valence-corrected chi connectivity index (χ4v) is 1.94. The van der Waals surface area contributed by atoms with Crippen LogP contribution in [0.5, 0.6) is 0 Å². The van der Waals surface area contributed by atoms with Gasteiger partial charge in [0.15, 0.2) is 0 Å². The van der Waals surface area contributed by atoms with Gasteiger partial charge in [0.2, 0.25) is 0 Å². The molecule has 1 aromatic carbocycles. The van der Waals surface area contributed by atoms with Gasteiger partial charge in [0.05, 0.1) is 0 Å². The second-order valence-electron chi connectivity index (χ2n) is 4.45. The Morgan fingerprint density at radius 1 is 1.44 bits per heavy atom. The lowest BCUT2D eigenvalue weighted by Crippen LogP contribution is -2.25. The van der Waals surface area contributed by atoms with Crippen molar-refractivity contribution in [2.45, 2.75) is 39.2 Å². The van der Waals surface area contributed by atoms with Crippen LogP contribution in [-0.4, -0.2) is 6.04 Å². The molecule has 0 radical (unpaired) electrons. The molecule has 0 saturated heterocycles. The molecule has 3 heteroatoms. The first-order chi connectivity index (χ1) is 7.52. The molecule has 0 aliphatic heterocycles. The van der Waals surface area contributed by atoms with E-state index in [0.717, 1.165) is 12.8 Å². The van der Waals surface area contributed by atoms with Gasteiger partial charge in [-0.3, -0.25) is 0 Å². The topological polar surface area (TPSA) is 26.0 Å². The normalized spacial score (nSPS) is 14.8. The SMILES string of the molecule is CCC(C)CC(N)Cc1cc(Cl)ccc1F. The van der Waals surface area contributed by atoms with Gasteiger partial charge in [0, 0.05) is 11.1 Å². The Labute approximate surface area is 102 Å². The Kier molecular flexibility index (Phi) is 5.23. The lowest BCUT2D eigenvalue weighted by molar-refractivity contribution is 0.446. The van der Waals surface area contributed by atoms with Crippen molar-refractivity contribution in [2.75, 3.05) is 0 Å². The monoisotopic (exact) mass is 243 g/mol. The third-order valence-electron chi connectivity index (χ3n) is 2.89. The van der Waals surface area contributed by atoms with E-state index in [1.165, 1.54) is 6.07 Å². The number of nitrogens with two attached hydrogens (primary N) is 1. The molecule has 0 spiro atoms. The fourth-order valence-electron chi connectivity index (χ4n) is 1.75. The van der Waals surface area contributed by atoms with E-state index in [1.807, 2.05) is 0 Å². The van der Waals surface area contributed by atoms with E-state index in [4.69, 9.17) is 17.3 Å². The zero-order chi connectivity index (χ0) is 12.1. The summed E-state index contributed by atoms with van der Waals surface area (Å²) >= 11 is 5.83. The van der Waals surface area contributed by atoms with Gasteiger partial charge < -0.3 is 5.73 Å². The first-order valence-corrected chi connectivity index (χ1v) is 6.10. The van der Waals surface area contributed by atoms with Crippen LogP contribution in [0.25, 0.3) is 0 Å². The maximum absolute atomic E-state index is 13.4. The molecule has 2 N–H and O–H groups in total. The molecule has 0 bridgehead atoms. The molecular formula is C13H19ClFN. The van der Waals surface area contributed by atoms with Gasteiger partial charge in [0.1, 0.15) is 5.82 Å². The molecule has 2 unspecified atom stereocenters. The molecular weight excluding hydrogens is 225 g/mol. The summed E-state index contributed by atoms with van der Waals surface area (Å²) in [4.78, 5) is 0. The van der Waals surface area contributed by atoms with Crippen molar-refractivity contribution < 1.29 is 4.39 Å². The van der Waals surface area contributed by atoms with Crippen molar-refractivity contribution in [1.29, 1.82) is 0 Å². The van der Waals surface area contributed by atoms with Gasteiger partial charge >= 0.3 is 0 Å². The standard InChI is InChI=1S/C13H19ClFN/c1-3-9(2)6-12(16)8-10-7-11(14)4-5-13(10)15/h4-5,7,9,12H,3,6,8,16H2,1-2H3. The third-order valence-corrected chi connectivity index (χ3v) is 3.13. The Morgan fingerprint density at radius 3 is 2.75 bits per heavy atom. The van der Waals surface area contributed by atoms with Gasteiger partial charge in [-0.15, -0.1) is 0 Å². The Balaban J connectivity index is 2.61. The van der Waals surface area contributed by atoms with E-state index in [1.54, 1.807) is 12.1 Å². The summed E-state index contributed by atoms with van der Waals surface area (Å²) in [5.74, 6) is 0.362. The smallest absolute Gasteiger partial charge is 0.126 e. The fraction of sp³-hybridized carbons (Fsp3) is 0.538. The van der Waals surface area contributed by atoms with Crippen molar-refractivity contribution in [3.63, 3.8) is 0 Å². The third kappa shape index (κ3) is 4.11. The van der Waals surface area contributed by atoms with Crippen LogP contribution in [0.15, 0.2) is 18.2 Å². The number of hydrogen-bond acceptors (Lipinski definition) is 1. The van der Waals surface area contributed by atoms with Crippen LogP contribution < -0.4 is 5.73 Å². The molecule has 1 rings (SSSR count). The highest BCUT2D eigenvalue weighted by Crippen LogP contribution is 2.18. The maximum Gasteiger partial charge on any atom is 0.126 e. The second kappa shape index (κ2) is 6.21. The number of benzene rings is 1. The summed E-state index contributed by atoms with van der Waals surface area (Å²) in [6.45, 7) is 4.30. The molecule has 0 aliphatic carbocycles. The van der Waals surface area contributed by atoms with E-state index < -0.39 is 0 Å². The molecule has 0 aromatic heterocycles. The minimum absolute atomic E-state index is 0.00270. The number of halogens is 2. The predicted octanol–water partition coefficient (Wildman–Crippen LogP) is 3.79. The summed E-state index contributed by atoms with van der Waals surface area (Å²) in [6.07, 6.45) is 2.57. The molecule has 0 heterocycles. The van der Waals surface area contributed by atoms with Gasteiger partial charge in [-0.1, -0.05) is 31.9 Å². The Morgan fingerprint density at radius 2 is 2.12 bits per heavy atom. The molecule has 2 atom stereocenters. The number of rotatable bonds is 5. The van der Waals surface area contributed by atoms with E-state index in [-0.39, 0.29) is 11.9 Å². The largest absolute Gasteiger partial charge is 0.327 e. The van der Waals surface area contributed by atoms with Crippen molar-refractivity contribution >= 4 is 11.6 Å². The minimum atomic E-state index is -0.219. The molecule has 0 amide bonds. The molecule has 90 valence electrons. The highest BCUT2D eigenvalue weighted by Gasteiger charge is 2.11. The zero-order valence-corrected chi connectivity index (χ0v) is 10.6. The van der Waals surface area contributed by atoms with Gasteiger partial charge in [0.25, 0.3) is 0 Å². The highest BCUT2D eigenvalue weighted by atomic mass is 35.5. The second-order valence-corrected chi connectivity index (χ2v) is 4.89. The molecule has 16 heavy (non-hydrogen) atoms. The van der Waals surface area contributed by atoms with Gasteiger partial charge in [-0.05, 0) is 42.5 Å². The zero-order valence-electron chi connectivity index (χ0n) is 9.84. The van der Waals surface area contributed by atoms with E-state index >= 15 is 0 Å². The molecule has 1 nitrogen and oxygen atoms in total. The average Bonchev–Trinajstić information content (AvgIpc) is 2.23. The molecule has 0 aliphatic rings. The van der Waals surface area contributed by atoms with Crippen LogP contribution >= 0.6 is 11.6 Å². The van der Waals surface area contributed by atoms with Crippen molar-refractivity contribution in [3.8, 4) is 0 Å². The van der Waals surface area contributed by atoms with Crippen LogP contribution in [0.4, 0.5) is 4.39 Å². The van der Waals surface area contributed by atoms with Crippen LogP contribution in [0.3, 0.4) is 0 Å². The summed E-state index contributed by atoms with van der Waals surface area (Å²) in [5.41, 5.74) is 6.61. The van der Waals surface area contributed by atoms with E-state index in [2.05, 4.69) is 13.8 Å². The predicted molar refractivity (Wildman–Crippen MR) is 67.2 cm³/mol. The summed E-state index contributed by atoms with van der Waals surface area (Å²) in [5, 5.41) is 0.562. The Hall–Kier alpha value is -0.600. The van der Waals surface area contributed by atoms with Crippen LogP contribution in [0.2, 0.25) is 5.02 Å². The molecule has 0 fully saturated rings. The quantitative estimate of drug-likeness (QED) is 0.837. The van der Waals surface area contributed by atoms with Gasteiger partial charge in [-0.25, -0.2) is 4.39 Å². The van der Waals surface area contributed by atoms with Crippen LogP contribution in [0, 0.1) is 11.7 Å². The van der Waals surface area contributed by atoms with E-state index in [9.17, 15) is 4.39 Å². The van der Waals surface area contributed by atoms with Crippen LogP contribution in [0.1, 0.15) is 32.3 Å². The van der Waals surface area contributed by atoms with Crippen LogP contribution in [-0.2, 0) is 6.42 Å². The van der Waals surface area contributed by atoms with E-state index in [0.29, 0.717) is 22.9 Å². The number of hydrogen-bond donors (Lipinski definition) is 1. The lowest BCUT2D eigenvalue weighted by Gasteiger charge is -2.16. The first kappa shape index (κ1) is 13.5. The minimum Gasteiger partial charge on any atom is -0.327 e. The molecule has 0 saturated carbocycles. The summed E-state index contributed by atoms with van der Waals surface area (Å²) < 4.78 is 13.4. The van der Waals surface area contributed by atoms with Gasteiger partial charge in [-0.2, -0.15) is 0 Å². The van der Waals surface area contributed by atoms with Crippen molar-refractivity contribution in [3.05, 3.63) is 34.6 Å². The van der Waals surface area contributed by atoms with Crippen molar-refractivity contribution in [2.24, 2.45) is 11.7 Å². The summed E-state index contributed by atoms with van der Waals surface area (Å²) in [6, 6.07) is 4.62. The molecule has 1 aromatic rings. The first-order valence-electron chi connectivity index (χ1n) is 5.72. The lowest BCUT2D eigenvalue weighted by atomic mass is 9.95. The Bertz CT molecular complexity index is 341. The summed E-state index contributed by atoms with van der Waals surface area (Å²) in [7, 11) is 0. The van der Waals surface area contributed by atoms with Crippen molar-refractivity contribution in [1.82, 2.24) is 0 Å². The maximum atomic E-state index is 13.4.